The third-order valence-electron chi connectivity index (χ3n) is 2.50. The Labute approximate surface area is 99.2 Å². The van der Waals surface area contributed by atoms with Crippen molar-refractivity contribution in [2.45, 2.75) is 23.9 Å². The zero-order chi connectivity index (χ0) is 11.6. The van der Waals surface area contributed by atoms with E-state index in [1.807, 2.05) is 0 Å². The molecule has 1 aromatic heterocycles. The molecule has 16 heavy (non-hydrogen) atoms. The van der Waals surface area contributed by atoms with Crippen LogP contribution < -0.4 is 5.32 Å². The zero-order valence-corrected chi connectivity index (χ0v) is 10.1. The summed E-state index contributed by atoms with van der Waals surface area (Å²) in [6, 6.07) is 1.40. The topological polar surface area (TPSA) is 72.0 Å². The van der Waals surface area contributed by atoms with Gasteiger partial charge < -0.3 is 5.32 Å². The Morgan fingerprint density at radius 2 is 2.38 bits per heavy atom. The zero-order valence-electron chi connectivity index (χ0n) is 8.56. The van der Waals surface area contributed by atoms with Crippen LogP contribution >= 0.6 is 11.6 Å². The standard InChI is InChI=1S/C9H12ClN3O2S/c10-9-12-5-3-8(13-9)16(14,15)6-7-2-1-4-11-7/h3,5,7,11H,1-2,4,6H2/t7-/m0/s1. The number of hydrogen-bond acceptors (Lipinski definition) is 5. The highest BCUT2D eigenvalue weighted by atomic mass is 35.5. The van der Waals surface area contributed by atoms with Gasteiger partial charge in [-0.15, -0.1) is 0 Å². The first-order valence-electron chi connectivity index (χ1n) is 5.02. The fourth-order valence-corrected chi connectivity index (χ4v) is 3.42. The van der Waals surface area contributed by atoms with Gasteiger partial charge in [0.2, 0.25) is 5.28 Å². The Morgan fingerprint density at radius 3 is 3.00 bits per heavy atom. The second kappa shape index (κ2) is 4.65. The number of aromatic nitrogens is 2. The Morgan fingerprint density at radius 1 is 1.56 bits per heavy atom. The van der Waals surface area contributed by atoms with Gasteiger partial charge in [0.05, 0.1) is 5.75 Å². The first-order valence-corrected chi connectivity index (χ1v) is 7.06. The van der Waals surface area contributed by atoms with E-state index in [0.717, 1.165) is 19.4 Å². The Hall–Kier alpha value is -0.720. The van der Waals surface area contributed by atoms with E-state index in [4.69, 9.17) is 11.6 Å². The van der Waals surface area contributed by atoms with Crippen LogP contribution in [-0.2, 0) is 9.84 Å². The number of halogens is 1. The molecule has 1 aromatic rings. The van der Waals surface area contributed by atoms with Gasteiger partial charge in [0.15, 0.2) is 14.9 Å². The molecule has 0 radical (unpaired) electrons. The lowest BCUT2D eigenvalue weighted by Gasteiger charge is -2.09. The monoisotopic (exact) mass is 261 g/mol. The molecule has 0 bridgehead atoms. The molecule has 7 heteroatoms. The van der Waals surface area contributed by atoms with Crippen LogP contribution in [-0.4, -0.2) is 36.7 Å². The maximum atomic E-state index is 12.0. The van der Waals surface area contributed by atoms with Crippen molar-refractivity contribution < 1.29 is 8.42 Å². The van der Waals surface area contributed by atoms with Crippen LogP contribution in [0.5, 0.6) is 0 Å². The highest BCUT2D eigenvalue weighted by Crippen LogP contribution is 2.14. The summed E-state index contributed by atoms with van der Waals surface area (Å²) in [5.74, 6) is 0.0698. The van der Waals surface area contributed by atoms with Crippen molar-refractivity contribution in [2.75, 3.05) is 12.3 Å². The predicted octanol–water partition coefficient (Wildman–Crippen LogP) is 0.656. The van der Waals surface area contributed by atoms with Gasteiger partial charge in [-0.2, -0.15) is 0 Å². The molecule has 1 saturated heterocycles. The van der Waals surface area contributed by atoms with E-state index < -0.39 is 9.84 Å². The van der Waals surface area contributed by atoms with Crippen molar-refractivity contribution in [1.82, 2.24) is 15.3 Å². The number of rotatable bonds is 3. The van der Waals surface area contributed by atoms with Crippen LogP contribution in [0.15, 0.2) is 17.3 Å². The van der Waals surface area contributed by atoms with Crippen LogP contribution in [0.25, 0.3) is 0 Å². The normalized spacial score (nSPS) is 21.2. The summed E-state index contributed by atoms with van der Waals surface area (Å²) in [7, 11) is -3.36. The molecule has 0 amide bonds. The lowest BCUT2D eigenvalue weighted by molar-refractivity contribution is 0.573. The van der Waals surface area contributed by atoms with Crippen LogP contribution in [0.2, 0.25) is 5.28 Å². The van der Waals surface area contributed by atoms with E-state index in [2.05, 4.69) is 15.3 Å². The van der Waals surface area contributed by atoms with Gasteiger partial charge in [0, 0.05) is 12.2 Å². The highest BCUT2D eigenvalue weighted by molar-refractivity contribution is 7.91. The SMILES string of the molecule is O=S(=O)(C[C@@H]1CCCN1)c1ccnc(Cl)n1. The first kappa shape index (κ1) is 11.8. The molecule has 88 valence electrons. The molecule has 2 rings (SSSR count). The smallest absolute Gasteiger partial charge is 0.223 e. The molecule has 0 saturated carbocycles. The summed E-state index contributed by atoms with van der Waals surface area (Å²) < 4.78 is 23.9. The molecule has 0 unspecified atom stereocenters. The van der Waals surface area contributed by atoms with Gasteiger partial charge in [-0.05, 0) is 37.1 Å². The third-order valence-corrected chi connectivity index (χ3v) is 4.39. The summed E-state index contributed by atoms with van der Waals surface area (Å²) in [5, 5.41) is 3.10. The molecule has 1 N–H and O–H groups in total. The van der Waals surface area contributed by atoms with Gasteiger partial charge in [-0.1, -0.05) is 0 Å². The second-order valence-corrected chi connectivity index (χ2v) is 6.06. The lowest BCUT2D eigenvalue weighted by Crippen LogP contribution is -2.30. The maximum Gasteiger partial charge on any atom is 0.223 e. The van der Waals surface area contributed by atoms with Crippen molar-refractivity contribution in [3.05, 3.63) is 17.5 Å². The minimum atomic E-state index is -3.36. The molecule has 1 atom stereocenters. The summed E-state index contributed by atoms with van der Waals surface area (Å²) in [6.07, 6.45) is 3.26. The summed E-state index contributed by atoms with van der Waals surface area (Å²) >= 11 is 5.57. The molecule has 1 fully saturated rings. The lowest BCUT2D eigenvalue weighted by atomic mass is 10.3. The Bertz CT molecular complexity index is 471. The van der Waals surface area contributed by atoms with Gasteiger partial charge in [0.1, 0.15) is 0 Å². The largest absolute Gasteiger partial charge is 0.313 e. The van der Waals surface area contributed by atoms with E-state index in [9.17, 15) is 8.42 Å². The van der Waals surface area contributed by atoms with E-state index in [0.29, 0.717) is 0 Å². The summed E-state index contributed by atoms with van der Waals surface area (Å²) in [5.41, 5.74) is 0. The quantitative estimate of drug-likeness (QED) is 0.639. The Balaban J connectivity index is 2.18. The molecule has 2 heterocycles. The van der Waals surface area contributed by atoms with Crippen LogP contribution in [0.1, 0.15) is 12.8 Å². The van der Waals surface area contributed by atoms with Crippen molar-refractivity contribution in [2.24, 2.45) is 0 Å². The number of sulfone groups is 1. The minimum absolute atomic E-state index is 0.00111. The van der Waals surface area contributed by atoms with Crippen molar-refractivity contribution >= 4 is 21.4 Å². The number of hydrogen-bond donors (Lipinski definition) is 1. The van der Waals surface area contributed by atoms with Crippen LogP contribution in [0.3, 0.4) is 0 Å². The average Bonchev–Trinajstić information content (AvgIpc) is 2.70. The minimum Gasteiger partial charge on any atom is -0.313 e. The number of nitrogens with one attached hydrogen (secondary N) is 1. The van der Waals surface area contributed by atoms with E-state index in [1.165, 1.54) is 12.3 Å². The van der Waals surface area contributed by atoms with Crippen molar-refractivity contribution in [1.29, 1.82) is 0 Å². The molecule has 1 aliphatic heterocycles. The molecular weight excluding hydrogens is 250 g/mol. The second-order valence-electron chi connectivity index (χ2n) is 3.74. The van der Waals surface area contributed by atoms with Crippen molar-refractivity contribution in [3.63, 3.8) is 0 Å². The fraction of sp³-hybridized carbons (Fsp3) is 0.556. The fourth-order valence-electron chi connectivity index (χ4n) is 1.74. The number of nitrogens with zero attached hydrogens (tertiary/aromatic N) is 2. The predicted molar refractivity (Wildman–Crippen MR) is 60.1 cm³/mol. The molecule has 5 nitrogen and oxygen atoms in total. The first-order chi connectivity index (χ1) is 7.58. The van der Waals surface area contributed by atoms with Crippen molar-refractivity contribution in [3.8, 4) is 0 Å². The van der Waals surface area contributed by atoms with Gasteiger partial charge in [-0.3, -0.25) is 0 Å². The summed E-state index contributed by atoms with van der Waals surface area (Å²) in [6.45, 7) is 0.880. The van der Waals surface area contributed by atoms with Gasteiger partial charge in [-0.25, -0.2) is 18.4 Å². The van der Waals surface area contributed by atoms with E-state index >= 15 is 0 Å². The molecule has 0 spiro atoms. The van der Waals surface area contributed by atoms with Crippen LogP contribution in [0.4, 0.5) is 0 Å². The van der Waals surface area contributed by atoms with E-state index in [1.54, 1.807) is 0 Å². The van der Waals surface area contributed by atoms with Gasteiger partial charge >= 0.3 is 0 Å². The maximum absolute atomic E-state index is 12.0. The summed E-state index contributed by atoms with van der Waals surface area (Å²) in [4.78, 5) is 7.38. The Kier molecular flexibility index (Phi) is 3.41. The van der Waals surface area contributed by atoms with E-state index in [-0.39, 0.29) is 22.1 Å². The van der Waals surface area contributed by atoms with Crippen LogP contribution in [0, 0.1) is 0 Å². The average molecular weight is 262 g/mol. The molecule has 0 aromatic carbocycles. The molecule has 1 aliphatic rings. The molecular formula is C9H12ClN3O2S. The third kappa shape index (κ3) is 2.69. The molecule has 0 aliphatic carbocycles. The highest BCUT2D eigenvalue weighted by Gasteiger charge is 2.24. The van der Waals surface area contributed by atoms with Gasteiger partial charge in [0.25, 0.3) is 0 Å².